The van der Waals surface area contributed by atoms with Gasteiger partial charge in [-0.1, -0.05) is 32.1 Å². The number of methoxy groups -OCH3 is 1. The van der Waals surface area contributed by atoms with Crippen molar-refractivity contribution in [3.05, 3.63) is 42.5 Å². The highest BCUT2D eigenvalue weighted by Gasteiger charge is 2.42. The molecule has 0 aliphatic carbocycles. The molecule has 1 fully saturated rings. The predicted molar refractivity (Wildman–Crippen MR) is 84.5 cm³/mol. The summed E-state index contributed by atoms with van der Waals surface area (Å²) < 4.78 is 16.6. The van der Waals surface area contributed by atoms with Crippen LogP contribution in [0.25, 0.3) is 0 Å². The third-order valence-corrected chi connectivity index (χ3v) is 4.04. The maximum atomic E-state index is 5.74. The molecule has 1 aromatic rings. The summed E-state index contributed by atoms with van der Waals surface area (Å²) in [4.78, 5) is 0. The quantitative estimate of drug-likeness (QED) is 0.511. The SMILES string of the molecule is C=C[C@@H](C)C[C@@H](C)[C@@H]1O[C@H]1COCc1ccc(OC)cc1. The Morgan fingerprint density at radius 3 is 2.62 bits per heavy atom. The van der Waals surface area contributed by atoms with Gasteiger partial charge in [0.2, 0.25) is 0 Å². The lowest BCUT2D eigenvalue weighted by Gasteiger charge is -2.11. The van der Waals surface area contributed by atoms with Crippen LogP contribution in [0.4, 0.5) is 0 Å². The number of rotatable bonds is 9. The summed E-state index contributed by atoms with van der Waals surface area (Å²) in [6, 6.07) is 7.96. The van der Waals surface area contributed by atoms with Gasteiger partial charge < -0.3 is 14.2 Å². The topological polar surface area (TPSA) is 31.0 Å². The fourth-order valence-electron chi connectivity index (χ4n) is 2.62. The minimum Gasteiger partial charge on any atom is -0.497 e. The molecule has 116 valence electrons. The average Bonchev–Trinajstić information content (AvgIpc) is 3.27. The Balaban J connectivity index is 1.65. The zero-order valence-corrected chi connectivity index (χ0v) is 13.2. The minimum absolute atomic E-state index is 0.260. The summed E-state index contributed by atoms with van der Waals surface area (Å²) >= 11 is 0. The second-order valence-electron chi connectivity index (χ2n) is 5.93. The molecular weight excluding hydrogens is 264 g/mol. The van der Waals surface area contributed by atoms with Crippen molar-refractivity contribution >= 4 is 0 Å². The van der Waals surface area contributed by atoms with Crippen LogP contribution >= 0.6 is 0 Å². The molecule has 0 spiro atoms. The van der Waals surface area contributed by atoms with Gasteiger partial charge >= 0.3 is 0 Å². The summed E-state index contributed by atoms with van der Waals surface area (Å²) in [6.45, 7) is 9.56. The van der Waals surface area contributed by atoms with Crippen LogP contribution in [0.15, 0.2) is 36.9 Å². The normalized spacial score (nSPS) is 23.4. The summed E-state index contributed by atoms with van der Waals surface area (Å²) in [7, 11) is 1.67. The number of benzene rings is 1. The molecule has 1 aromatic carbocycles. The van der Waals surface area contributed by atoms with Crippen LogP contribution in [-0.4, -0.2) is 25.9 Å². The summed E-state index contributed by atoms with van der Waals surface area (Å²) in [5.74, 6) is 1.98. The number of epoxide rings is 1. The number of hydrogen-bond donors (Lipinski definition) is 0. The van der Waals surface area contributed by atoms with Gasteiger partial charge in [-0.05, 0) is 36.0 Å². The molecule has 4 atom stereocenters. The van der Waals surface area contributed by atoms with E-state index in [1.54, 1.807) is 7.11 Å². The molecule has 0 N–H and O–H groups in total. The number of hydrogen-bond acceptors (Lipinski definition) is 3. The van der Waals surface area contributed by atoms with E-state index in [0.29, 0.717) is 31.2 Å². The minimum atomic E-state index is 0.260. The maximum Gasteiger partial charge on any atom is 0.118 e. The van der Waals surface area contributed by atoms with Crippen molar-refractivity contribution in [3.63, 3.8) is 0 Å². The molecule has 0 radical (unpaired) electrons. The third kappa shape index (κ3) is 4.87. The van der Waals surface area contributed by atoms with Crippen LogP contribution < -0.4 is 4.74 Å². The Morgan fingerprint density at radius 1 is 1.29 bits per heavy atom. The van der Waals surface area contributed by atoms with Gasteiger partial charge in [0.25, 0.3) is 0 Å². The Bertz CT molecular complexity index is 440. The van der Waals surface area contributed by atoms with Crippen molar-refractivity contribution in [2.75, 3.05) is 13.7 Å². The van der Waals surface area contributed by atoms with E-state index in [0.717, 1.165) is 17.7 Å². The first-order valence-electron chi connectivity index (χ1n) is 7.62. The first kappa shape index (κ1) is 16.1. The molecule has 1 aliphatic rings. The number of allylic oxidation sites excluding steroid dienone is 1. The molecule has 1 saturated heterocycles. The average molecular weight is 290 g/mol. The van der Waals surface area contributed by atoms with E-state index in [1.807, 2.05) is 30.3 Å². The molecule has 0 amide bonds. The van der Waals surface area contributed by atoms with Gasteiger partial charge in [0, 0.05) is 0 Å². The van der Waals surface area contributed by atoms with Gasteiger partial charge in [0.05, 0.1) is 26.4 Å². The molecule has 0 saturated carbocycles. The highest BCUT2D eigenvalue weighted by molar-refractivity contribution is 5.26. The van der Waals surface area contributed by atoms with Crippen molar-refractivity contribution in [3.8, 4) is 5.75 Å². The van der Waals surface area contributed by atoms with Crippen molar-refractivity contribution < 1.29 is 14.2 Å². The zero-order valence-electron chi connectivity index (χ0n) is 13.2. The smallest absolute Gasteiger partial charge is 0.118 e. The molecule has 0 bridgehead atoms. The fourth-order valence-corrected chi connectivity index (χ4v) is 2.62. The van der Waals surface area contributed by atoms with E-state index in [4.69, 9.17) is 14.2 Å². The van der Waals surface area contributed by atoms with Crippen molar-refractivity contribution in [1.29, 1.82) is 0 Å². The van der Waals surface area contributed by atoms with Gasteiger partial charge in [-0.2, -0.15) is 0 Å². The molecule has 3 nitrogen and oxygen atoms in total. The van der Waals surface area contributed by atoms with Crippen LogP contribution in [0.3, 0.4) is 0 Å². The second-order valence-corrected chi connectivity index (χ2v) is 5.93. The molecule has 0 aromatic heterocycles. The Morgan fingerprint density at radius 2 is 2.00 bits per heavy atom. The molecular formula is C18H26O3. The molecule has 2 rings (SSSR count). The molecule has 21 heavy (non-hydrogen) atoms. The van der Waals surface area contributed by atoms with Crippen molar-refractivity contribution in [1.82, 2.24) is 0 Å². The van der Waals surface area contributed by atoms with Crippen molar-refractivity contribution in [2.24, 2.45) is 11.8 Å². The third-order valence-electron chi connectivity index (χ3n) is 4.04. The second kappa shape index (κ2) is 7.62. The predicted octanol–water partition coefficient (Wildman–Crippen LogP) is 3.83. The molecule has 1 heterocycles. The van der Waals surface area contributed by atoms with Crippen LogP contribution in [0.1, 0.15) is 25.8 Å². The lowest BCUT2D eigenvalue weighted by Crippen LogP contribution is -2.13. The van der Waals surface area contributed by atoms with Crippen molar-refractivity contribution in [2.45, 2.75) is 39.1 Å². The van der Waals surface area contributed by atoms with Crippen LogP contribution in [0.2, 0.25) is 0 Å². The van der Waals surface area contributed by atoms with Gasteiger partial charge in [-0.25, -0.2) is 0 Å². The van der Waals surface area contributed by atoms with Gasteiger partial charge in [-0.15, -0.1) is 6.58 Å². The monoisotopic (exact) mass is 290 g/mol. The van der Waals surface area contributed by atoms with Crippen LogP contribution in [0.5, 0.6) is 5.75 Å². The molecule has 0 unspecified atom stereocenters. The lowest BCUT2D eigenvalue weighted by atomic mass is 9.93. The Kier molecular flexibility index (Phi) is 5.83. The van der Waals surface area contributed by atoms with Crippen LogP contribution in [-0.2, 0) is 16.1 Å². The van der Waals surface area contributed by atoms with E-state index >= 15 is 0 Å². The fraction of sp³-hybridized carbons (Fsp3) is 0.556. The Hall–Kier alpha value is -1.32. The first-order chi connectivity index (χ1) is 10.1. The summed E-state index contributed by atoms with van der Waals surface area (Å²) in [5, 5.41) is 0. The summed E-state index contributed by atoms with van der Waals surface area (Å²) in [6.07, 6.45) is 3.75. The maximum absolute atomic E-state index is 5.74. The zero-order chi connectivity index (χ0) is 15.2. The first-order valence-corrected chi connectivity index (χ1v) is 7.62. The Labute approximate surface area is 127 Å². The van der Waals surface area contributed by atoms with E-state index in [1.165, 1.54) is 0 Å². The lowest BCUT2D eigenvalue weighted by molar-refractivity contribution is 0.104. The summed E-state index contributed by atoms with van der Waals surface area (Å²) in [5.41, 5.74) is 1.15. The van der Waals surface area contributed by atoms with E-state index in [-0.39, 0.29) is 6.10 Å². The van der Waals surface area contributed by atoms with Gasteiger partial charge in [0.1, 0.15) is 11.9 Å². The van der Waals surface area contributed by atoms with Gasteiger partial charge in [0.15, 0.2) is 0 Å². The standard InChI is InChI=1S/C18H26O3/c1-5-13(2)10-14(3)18-17(21-18)12-20-11-15-6-8-16(19-4)9-7-15/h5-9,13-14,17-18H,1,10-12H2,2-4H3/t13-,14-,17+,18+/m1/s1. The highest BCUT2D eigenvalue weighted by Crippen LogP contribution is 2.33. The van der Waals surface area contributed by atoms with E-state index in [9.17, 15) is 0 Å². The van der Waals surface area contributed by atoms with Gasteiger partial charge in [-0.3, -0.25) is 0 Å². The largest absolute Gasteiger partial charge is 0.497 e. The highest BCUT2D eigenvalue weighted by atomic mass is 16.6. The molecule has 3 heteroatoms. The molecule has 1 aliphatic heterocycles. The van der Waals surface area contributed by atoms with E-state index in [2.05, 4.69) is 20.4 Å². The van der Waals surface area contributed by atoms with Crippen LogP contribution in [0, 0.1) is 11.8 Å². The number of ether oxygens (including phenoxy) is 3. The van der Waals surface area contributed by atoms with E-state index < -0.39 is 0 Å².